The van der Waals surface area contributed by atoms with Gasteiger partial charge in [0.2, 0.25) is 0 Å². The van der Waals surface area contributed by atoms with Crippen LogP contribution in [0, 0.1) is 0 Å². The van der Waals surface area contributed by atoms with Gasteiger partial charge in [0, 0.05) is 6.54 Å². The number of nitrogens with zero attached hydrogens (tertiary/aromatic N) is 1. The van der Waals surface area contributed by atoms with Crippen LogP contribution in [0.2, 0.25) is 0 Å². The Hall–Kier alpha value is -0.0800. The maximum atomic E-state index is 3.39. The van der Waals surface area contributed by atoms with Gasteiger partial charge >= 0.3 is 0 Å². The molecular formula is C8H21N2+. The Labute approximate surface area is 64.8 Å². The van der Waals surface area contributed by atoms with Crippen LogP contribution < -0.4 is 5.43 Å². The predicted octanol–water partition coefficient (Wildman–Crippen LogP) is 1.39. The fourth-order valence-corrected chi connectivity index (χ4v) is 0.789. The van der Waals surface area contributed by atoms with E-state index in [-0.39, 0.29) is 0 Å². The summed E-state index contributed by atoms with van der Waals surface area (Å²) in [6.07, 6.45) is 3.94. The third kappa shape index (κ3) is 7.92. The summed E-state index contributed by atoms with van der Waals surface area (Å²) in [6, 6.07) is 0. The molecule has 0 aliphatic heterocycles. The molecule has 0 fully saturated rings. The minimum atomic E-state index is 0.865. The molecule has 0 spiro atoms. The van der Waals surface area contributed by atoms with Crippen molar-refractivity contribution in [3.8, 4) is 0 Å². The zero-order valence-corrected chi connectivity index (χ0v) is 7.78. The summed E-state index contributed by atoms with van der Waals surface area (Å²) in [4.78, 5) is 0. The Morgan fingerprint density at radius 1 is 1.10 bits per heavy atom. The van der Waals surface area contributed by atoms with E-state index in [2.05, 4.69) is 33.5 Å². The van der Waals surface area contributed by atoms with Crippen molar-refractivity contribution in [2.45, 2.75) is 26.2 Å². The van der Waals surface area contributed by atoms with Crippen molar-refractivity contribution in [2.75, 3.05) is 27.7 Å². The molecule has 0 radical (unpaired) electrons. The van der Waals surface area contributed by atoms with Gasteiger partial charge in [0.25, 0.3) is 0 Å². The minimum Gasteiger partial charge on any atom is -0.253 e. The first-order valence-corrected chi connectivity index (χ1v) is 4.13. The van der Waals surface area contributed by atoms with E-state index in [0.29, 0.717) is 0 Å². The summed E-state index contributed by atoms with van der Waals surface area (Å²) in [7, 11) is 6.43. The van der Waals surface area contributed by atoms with E-state index in [1.807, 2.05) is 0 Å². The van der Waals surface area contributed by atoms with Gasteiger partial charge < -0.3 is 0 Å². The van der Waals surface area contributed by atoms with Gasteiger partial charge in [-0.2, -0.15) is 5.43 Å². The van der Waals surface area contributed by atoms with Gasteiger partial charge in [-0.3, -0.25) is 4.59 Å². The SMILES string of the molecule is CCCCCN[N+](C)(C)C. The molecule has 0 aromatic carbocycles. The number of unbranched alkanes of at least 4 members (excludes halogenated alkanes) is 2. The highest BCUT2D eigenvalue weighted by atomic mass is 15.6. The zero-order chi connectivity index (χ0) is 8.04. The van der Waals surface area contributed by atoms with Crippen LogP contribution in [0.1, 0.15) is 26.2 Å². The van der Waals surface area contributed by atoms with Gasteiger partial charge in [0.1, 0.15) is 0 Å². The monoisotopic (exact) mass is 145 g/mol. The summed E-state index contributed by atoms with van der Waals surface area (Å²) in [6.45, 7) is 3.36. The Morgan fingerprint density at radius 2 is 1.70 bits per heavy atom. The molecule has 0 aliphatic carbocycles. The number of hydrogen-bond acceptors (Lipinski definition) is 1. The smallest absolute Gasteiger partial charge is 0.0853 e. The van der Waals surface area contributed by atoms with Crippen LogP contribution in [0.4, 0.5) is 0 Å². The van der Waals surface area contributed by atoms with E-state index in [0.717, 1.165) is 11.1 Å². The molecule has 0 heterocycles. The molecule has 10 heavy (non-hydrogen) atoms. The molecule has 0 atom stereocenters. The summed E-state index contributed by atoms with van der Waals surface area (Å²) in [5.41, 5.74) is 3.39. The minimum absolute atomic E-state index is 0.865. The van der Waals surface area contributed by atoms with E-state index >= 15 is 0 Å². The second-order valence-electron chi connectivity index (χ2n) is 3.63. The van der Waals surface area contributed by atoms with Crippen LogP contribution in [0.5, 0.6) is 0 Å². The molecule has 0 rings (SSSR count). The first-order valence-electron chi connectivity index (χ1n) is 4.13. The first kappa shape index (κ1) is 9.92. The second-order valence-corrected chi connectivity index (χ2v) is 3.63. The van der Waals surface area contributed by atoms with Crippen LogP contribution in [0.25, 0.3) is 0 Å². The maximum absolute atomic E-state index is 3.39. The third-order valence-electron chi connectivity index (χ3n) is 1.37. The van der Waals surface area contributed by atoms with Crippen molar-refractivity contribution in [3.05, 3.63) is 0 Å². The lowest BCUT2D eigenvalue weighted by Gasteiger charge is -2.23. The van der Waals surface area contributed by atoms with Crippen LogP contribution >= 0.6 is 0 Å². The van der Waals surface area contributed by atoms with Crippen LogP contribution in [-0.2, 0) is 0 Å². The summed E-state index contributed by atoms with van der Waals surface area (Å²) in [5, 5.41) is 0. The highest BCUT2D eigenvalue weighted by molar-refractivity contribution is 4.37. The molecule has 2 heteroatoms. The summed E-state index contributed by atoms with van der Waals surface area (Å²) in [5.74, 6) is 0. The van der Waals surface area contributed by atoms with Gasteiger partial charge in [0.15, 0.2) is 0 Å². The van der Waals surface area contributed by atoms with Gasteiger partial charge in [-0.1, -0.05) is 19.8 Å². The number of hydrogen-bond donors (Lipinski definition) is 1. The van der Waals surface area contributed by atoms with Crippen molar-refractivity contribution < 1.29 is 4.59 Å². The van der Waals surface area contributed by atoms with Crippen LogP contribution in [-0.4, -0.2) is 32.3 Å². The van der Waals surface area contributed by atoms with Crippen molar-refractivity contribution in [3.63, 3.8) is 0 Å². The van der Waals surface area contributed by atoms with E-state index < -0.39 is 0 Å². The lowest BCUT2D eigenvalue weighted by atomic mass is 10.2. The first-order chi connectivity index (χ1) is 4.56. The zero-order valence-electron chi connectivity index (χ0n) is 7.78. The number of rotatable bonds is 5. The van der Waals surface area contributed by atoms with Crippen molar-refractivity contribution in [1.82, 2.24) is 5.43 Å². The van der Waals surface area contributed by atoms with Crippen molar-refractivity contribution >= 4 is 0 Å². The van der Waals surface area contributed by atoms with Crippen molar-refractivity contribution in [1.29, 1.82) is 0 Å². The Bertz CT molecular complexity index is 73.8. The molecule has 0 saturated carbocycles. The van der Waals surface area contributed by atoms with Crippen LogP contribution in [0.3, 0.4) is 0 Å². The fraction of sp³-hybridized carbons (Fsp3) is 1.00. The molecule has 1 N–H and O–H groups in total. The quantitative estimate of drug-likeness (QED) is 0.350. The Kier molecular flexibility index (Phi) is 4.65. The van der Waals surface area contributed by atoms with Gasteiger partial charge in [0.05, 0.1) is 21.1 Å². The lowest BCUT2D eigenvalue weighted by Crippen LogP contribution is -2.48. The standard InChI is InChI=1S/C8H21N2/c1-5-6-7-8-9-10(2,3)4/h9H,5-8H2,1-4H3/q+1. The second kappa shape index (κ2) is 4.69. The predicted molar refractivity (Wildman–Crippen MR) is 45.6 cm³/mol. The summed E-state index contributed by atoms with van der Waals surface area (Å²) < 4.78 is 0.865. The van der Waals surface area contributed by atoms with Gasteiger partial charge in [-0.05, 0) is 6.42 Å². The van der Waals surface area contributed by atoms with Crippen molar-refractivity contribution in [2.24, 2.45) is 0 Å². The highest BCUT2D eigenvalue weighted by Gasteiger charge is 2.03. The number of quaternary nitrogens is 1. The van der Waals surface area contributed by atoms with Gasteiger partial charge in [-0.15, -0.1) is 0 Å². The van der Waals surface area contributed by atoms with E-state index in [4.69, 9.17) is 0 Å². The third-order valence-corrected chi connectivity index (χ3v) is 1.37. The highest BCUT2D eigenvalue weighted by Crippen LogP contribution is 1.92. The maximum Gasteiger partial charge on any atom is 0.0853 e. The summed E-state index contributed by atoms with van der Waals surface area (Å²) >= 11 is 0. The van der Waals surface area contributed by atoms with E-state index in [9.17, 15) is 0 Å². The molecule has 0 aliphatic rings. The molecular weight excluding hydrogens is 124 g/mol. The Morgan fingerprint density at radius 3 is 2.10 bits per heavy atom. The largest absolute Gasteiger partial charge is 0.253 e. The van der Waals surface area contributed by atoms with E-state index in [1.165, 1.54) is 19.3 Å². The molecule has 0 aromatic heterocycles. The van der Waals surface area contributed by atoms with Gasteiger partial charge in [-0.25, -0.2) is 0 Å². The molecule has 0 aromatic rings. The molecule has 0 unspecified atom stereocenters. The number of nitrogens with one attached hydrogen (secondary N) is 1. The van der Waals surface area contributed by atoms with E-state index in [1.54, 1.807) is 0 Å². The fourth-order valence-electron chi connectivity index (χ4n) is 0.789. The average molecular weight is 145 g/mol. The lowest BCUT2D eigenvalue weighted by molar-refractivity contribution is -0.915. The molecule has 0 saturated heterocycles. The molecule has 2 nitrogen and oxygen atoms in total. The Balaban J connectivity index is 3.04. The van der Waals surface area contributed by atoms with Crippen LogP contribution in [0.15, 0.2) is 0 Å². The topological polar surface area (TPSA) is 12.0 Å². The normalized spacial score (nSPS) is 12.0. The molecule has 0 bridgehead atoms. The molecule has 62 valence electrons. The molecule has 0 amide bonds. The average Bonchev–Trinajstić information content (AvgIpc) is 1.78.